The van der Waals surface area contributed by atoms with Gasteiger partial charge < -0.3 is 14.9 Å². The van der Waals surface area contributed by atoms with Crippen molar-refractivity contribution in [2.75, 3.05) is 26.2 Å². The predicted molar refractivity (Wildman–Crippen MR) is 119 cm³/mol. The highest BCUT2D eigenvalue weighted by Gasteiger charge is 2.50. The van der Waals surface area contributed by atoms with Gasteiger partial charge in [-0.05, 0) is 36.6 Å². The first-order chi connectivity index (χ1) is 15.0. The zero-order valence-corrected chi connectivity index (χ0v) is 17.7. The van der Waals surface area contributed by atoms with Gasteiger partial charge in [-0.15, -0.1) is 0 Å². The summed E-state index contributed by atoms with van der Waals surface area (Å²) in [5.74, 6) is -0.267. The highest BCUT2D eigenvalue weighted by molar-refractivity contribution is 6.38. The van der Waals surface area contributed by atoms with E-state index in [0.717, 1.165) is 22.0 Å². The molecule has 7 heteroatoms. The molecule has 2 fully saturated rings. The molecule has 1 N–H and O–H groups in total. The highest BCUT2D eigenvalue weighted by Crippen LogP contribution is 2.37. The van der Waals surface area contributed by atoms with E-state index in [9.17, 15) is 14.7 Å². The van der Waals surface area contributed by atoms with E-state index in [1.807, 2.05) is 36.4 Å². The lowest BCUT2D eigenvalue weighted by molar-refractivity contribution is -0.143. The molecule has 2 aliphatic rings. The number of nitrogens with zero attached hydrogens (tertiary/aromatic N) is 3. The van der Waals surface area contributed by atoms with Gasteiger partial charge in [-0.3, -0.25) is 14.6 Å². The molecule has 0 radical (unpaired) electrons. The molecule has 1 saturated heterocycles. The molecule has 0 bridgehead atoms. The molecule has 1 aromatic heterocycles. The monoisotopic (exact) mass is 435 g/mol. The van der Waals surface area contributed by atoms with Gasteiger partial charge in [0.25, 0.3) is 11.8 Å². The predicted octanol–water partition coefficient (Wildman–Crippen LogP) is 3.36. The summed E-state index contributed by atoms with van der Waals surface area (Å²) < 4.78 is 0. The fourth-order valence-electron chi connectivity index (χ4n) is 4.02. The fourth-order valence-corrected chi connectivity index (χ4v) is 4.34. The molecule has 2 aromatic carbocycles. The Hall–Kier alpha value is -2.96. The van der Waals surface area contributed by atoms with Gasteiger partial charge >= 0.3 is 0 Å². The van der Waals surface area contributed by atoms with Crippen LogP contribution in [0.3, 0.4) is 0 Å². The average molecular weight is 436 g/mol. The van der Waals surface area contributed by atoms with Crippen LogP contribution in [0.5, 0.6) is 0 Å². The van der Waals surface area contributed by atoms with E-state index in [-0.39, 0.29) is 11.8 Å². The summed E-state index contributed by atoms with van der Waals surface area (Å²) >= 11 is 6.61. The second-order valence-corrected chi connectivity index (χ2v) is 8.57. The van der Waals surface area contributed by atoms with Gasteiger partial charge in [-0.1, -0.05) is 41.9 Å². The number of pyridine rings is 1. The summed E-state index contributed by atoms with van der Waals surface area (Å²) in [7, 11) is 0. The number of aliphatic hydroxyl groups is 1. The molecule has 1 aliphatic carbocycles. The average Bonchev–Trinajstić information content (AvgIpc) is 3.57. The van der Waals surface area contributed by atoms with Crippen molar-refractivity contribution in [2.45, 2.75) is 18.4 Å². The number of rotatable bonds is 3. The number of benzene rings is 2. The van der Waals surface area contributed by atoms with E-state index in [2.05, 4.69) is 4.98 Å². The van der Waals surface area contributed by atoms with Crippen LogP contribution in [0.25, 0.3) is 22.0 Å². The molecule has 6 nitrogen and oxygen atoms in total. The molecule has 0 unspecified atom stereocenters. The summed E-state index contributed by atoms with van der Waals surface area (Å²) in [5, 5.41) is 11.5. The lowest BCUT2D eigenvalue weighted by atomic mass is 10.0. The van der Waals surface area contributed by atoms with Crippen molar-refractivity contribution < 1.29 is 14.7 Å². The van der Waals surface area contributed by atoms with Crippen molar-refractivity contribution in [3.05, 3.63) is 65.3 Å². The first kappa shape index (κ1) is 20.0. The standard InChI is InChI=1S/C24H22ClN3O3/c25-21-18-3-1-2-4-20(18)26-15-19(21)16-5-7-17(8-6-16)22(29)27-11-13-28(14-12-27)23(30)24(31)9-10-24/h1-8,15,31H,9-14H2. The molecule has 3 aromatic rings. The van der Waals surface area contributed by atoms with Crippen LogP contribution in [0.15, 0.2) is 54.7 Å². The van der Waals surface area contributed by atoms with Crippen LogP contribution < -0.4 is 0 Å². The summed E-state index contributed by atoms with van der Waals surface area (Å²) in [6.45, 7) is 1.82. The van der Waals surface area contributed by atoms with E-state index in [1.54, 1.807) is 28.1 Å². The van der Waals surface area contributed by atoms with Crippen LogP contribution in [-0.4, -0.2) is 63.5 Å². The van der Waals surface area contributed by atoms with Gasteiger partial charge in [0, 0.05) is 48.9 Å². The molecule has 2 heterocycles. The van der Waals surface area contributed by atoms with Crippen LogP contribution in [0.4, 0.5) is 0 Å². The summed E-state index contributed by atoms with van der Waals surface area (Å²) in [6.07, 6.45) is 2.83. The minimum absolute atomic E-state index is 0.0634. The maximum absolute atomic E-state index is 12.9. The second kappa shape index (κ2) is 7.62. The molecular weight excluding hydrogens is 414 g/mol. The number of aromatic nitrogens is 1. The zero-order valence-electron chi connectivity index (χ0n) is 16.9. The number of fused-ring (bicyclic) bond motifs is 1. The number of hydrogen-bond donors (Lipinski definition) is 1. The minimum Gasteiger partial charge on any atom is -0.380 e. The van der Waals surface area contributed by atoms with Crippen LogP contribution in [0.2, 0.25) is 5.02 Å². The Morgan fingerprint density at radius 2 is 1.58 bits per heavy atom. The van der Waals surface area contributed by atoms with E-state index in [1.165, 1.54) is 0 Å². The van der Waals surface area contributed by atoms with E-state index in [4.69, 9.17) is 11.6 Å². The lowest BCUT2D eigenvalue weighted by Crippen LogP contribution is -2.53. The Labute approximate surface area is 185 Å². The van der Waals surface area contributed by atoms with Crippen molar-refractivity contribution >= 4 is 34.3 Å². The van der Waals surface area contributed by atoms with Crippen molar-refractivity contribution in [1.29, 1.82) is 0 Å². The Bertz CT molecular complexity index is 1170. The van der Waals surface area contributed by atoms with E-state index in [0.29, 0.717) is 49.6 Å². The van der Waals surface area contributed by atoms with Gasteiger partial charge in [0.1, 0.15) is 5.60 Å². The van der Waals surface area contributed by atoms with Crippen molar-refractivity contribution in [3.8, 4) is 11.1 Å². The molecule has 1 aliphatic heterocycles. The molecule has 158 valence electrons. The number of carbonyl (C=O) groups is 2. The third-order valence-corrected chi connectivity index (χ3v) is 6.54. The van der Waals surface area contributed by atoms with Gasteiger partial charge in [0.2, 0.25) is 0 Å². The van der Waals surface area contributed by atoms with Crippen LogP contribution in [0, 0.1) is 0 Å². The lowest BCUT2D eigenvalue weighted by Gasteiger charge is -2.35. The SMILES string of the molecule is O=C(c1ccc(-c2cnc3ccccc3c2Cl)cc1)N1CCN(C(=O)C2(O)CC2)CC1. The number of piperazine rings is 1. The number of hydrogen-bond acceptors (Lipinski definition) is 4. The number of amides is 2. The highest BCUT2D eigenvalue weighted by atomic mass is 35.5. The Morgan fingerprint density at radius 1 is 0.935 bits per heavy atom. The van der Waals surface area contributed by atoms with Gasteiger partial charge in [0.05, 0.1) is 10.5 Å². The minimum atomic E-state index is -1.15. The Kier molecular flexibility index (Phi) is 4.91. The first-order valence-electron chi connectivity index (χ1n) is 10.4. The molecule has 0 spiro atoms. The number of para-hydroxylation sites is 1. The molecule has 31 heavy (non-hydrogen) atoms. The molecule has 2 amide bonds. The fraction of sp³-hybridized carbons (Fsp3) is 0.292. The van der Waals surface area contributed by atoms with Gasteiger partial charge in [-0.2, -0.15) is 0 Å². The van der Waals surface area contributed by atoms with Crippen LogP contribution >= 0.6 is 11.6 Å². The smallest absolute Gasteiger partial charge is 0.254 e. The summed E-state index contributed by atoms with van der Waals surface area (Å²) in [4.78, 5) is 33.1. The van der Waals surface area contributed by atoms with E-state index >= 15 is 0 Å². The Morgan fingerprint density at radius 3 is 2.26 bits per heavy atom. The quantitative estimate of drug-likeness (QED) is 0.684. The summed E-state index contributed by atoms with van der Waals surface area (Å²) in [6, 6.07) is 15.1. The number of carbonyl (C=O) groups excluding carboxylic acids is 2. The summed E-state index contributed by atoms with van der Waals surface area (Å²) in [5.41, 5.74) is 2.00. The topological polar surface area (TPSA) is 73.7 Å². The van der Waals surface area contributed by atoms with Gasteiger partial charge in [-0.25, -0.2) is 0 Å². The second-order valence-electron chi connectivity index (χ2n) is 8.20. The zero-order chi connectivity index (χ0) is 21.6. The van der Waals surface area contributed by atoms with Crippen LogP contribution in [0.1, 0.15) is 23.2 Å². The van der Waals surface area contributed by atoms with Crippen LogP contribution in [-0.2, 0) is 4.79 Å². The van der Waals surface area contributed by atoms with Crippen molar-refractivity contribution in [1.82, 2.24) is 14.8 Å². The Balaban J connectivity index is 1.29. The van der Waals surface area contributed by atoms with E-state index < -0.39 is 5.60 Å². The maximum Gasteiger partial charge on any atom is 0.254 e. The third kappa shape index (κ3) is 3.66. The normalized spacial score (nSPS) is 17.6. The molecule has 1 saturated carbocycles. The van der Waals surface area contributed by atoms with Crippen molar-refractivity contribution in [3.63, 3.8) is 0 Å². The molecule has 0 atom stereocenters. The van der Waals surface area contributed by atoms with Crippen molar-refractivity contribution in [2.24, 2.45) is 0 Å². The third-order valence-electron chi connectivity index (χ3n) is 6.13. The largest absolute Gasteiger partial charge is 0.380 e. The molecular formula is C24H22ClN3O3. The first-order valence-corrected chi connectivity index (χ1v) is 10.8. The van der Waals surface area contributed by atoms with Gasteiger partial charge in [0.15, 0.2) is 0 Å². The molecule has 5 rings (SSSR count). The number of halogens is 1. The maximum atomic E-state index is 12.9.